The number of benzene rings is 1. The fraction of sp³-hybridized carbons (Fsp3) is 0.444. The van der Waals surface area contributed by atoms with Crippen molar-refractivity contribution in [1.82, 2.24) is 4.90 Å². The normalized spacial score (nSPS) is 23.3. The molecule has 2 heterocycles. The molecule has 1 aromatic rings. The van der Waals surface area contributed by atoms with Gasteiger partial charge in [0, 0.05) is 30.9 Å². The molecule has 0 saturated carbocycles. The molecule has 0 aromatic heterocycles. The fourth-order valence-electron chi connectivity index (χ4n) is 3.32. The number of halogens is 3. The highest BCUT2D eigenvalue weighted by molar-refractivity contribution is 5.96. The minimum absolute atomic E-state index is 0.00525. The van der Waals surface area contributed by atoms with Crippen LogP contribution in [0.15, 0.2) is 24.3 Å². The van der Waals surface area contributed by atoms with E-state index in [2.05, 4.69) is 5.32 Å². The number of nitrogens with two attached hydrogens (primary N) is 1. The van der Waals surface area contributed by atoms with Gasteiger partial charge >= 0.3 is 6.18 Å². The third kappa shape index (κ3) is 5.04. The Morgan fingerprint density at radius 3 is 2.52 bits per heavy atom. The van der Waals surface area contributed by atoms with Crippen LogP contribution in [-0.2, 0) is 19.1 Å². The number of likely N-dealkylation sites (tertiary alicyclic amines) is 1. The van der Waals surface area contributed by atoms with Gasteiger partial charge in [-0.3, -0.25) is 19.3 Å². The first-order valence-corrected chi connectivity index (χ1v) is 8.88. The Kier molecular flexibility index (Phi) is 6.08. The number of rotatable bonds is 5. The maximum Gasteiger partial charge on any atom is 0.393 e. The van der Waals surface area contributed by atoms with Crippen LogP contribution >= 0.6 is 0 Å². The summed E-state index contributed by atoms with van der Waals surface area (Å²) < 4.78 is 43.9. The van der Waals surface area contributed by atoms with Gasteiger partial charge in [-0.15, -0.1) is 0 Å². The number of morpholine rings is 1. The van der Waals surface area contributed by atoms with Gasteiger partial charge in [0.05, 0.1) is 25.1 Å². The minimum Gasteiger partial charge on any atom is -0.370 e. The van der Waals surface area contributed by atoms with Gasteiger partial charge in [-0.1, -0.05) is 0 Å². The van der Waals surface area contributed by atoms with Gasteiger partial charge in [0.2, 0.25) is 11.8 Å². The van der Waals surface area contributed by atoms with E-state index in [0.717, 1.165) is 11.3 Å². The zero-order valence-corrected chi connectivity index (χ0v) is 15.3. The van der Waals surface area contributed by atoms with E-state index >= 15 is 0 Å². The van der Waals surface area contributed by atoms with Crippen LogP contribution < -0.4 is 16.0 Å². The van der Waals surface area contributed by atoms with Gasteiger partial charge in [-0.25, -0.2) is 0 Å². The van der Waals surface area contributed by atoms with Crippen molar-refractivity contribution in [3.8, 4) is 0 Å². The highest BCUT2D eigenvalue weighted by Gasteiger charge is 2.49. The van der Waals surface area contributed by atoms with Gasteiger partial charge < -0.3 is 20.7 Å². The van der Waals surface area contributed by atoms with E-state index in [1.165, 1.54) is 0 Å². The Morgan fingerprint density at radius 1 is 1.24 bits per heavy atom. The fourth-order valence-corrected chi connectivity index (χ4v) is 3.32. The first kappa shape index (κ1) is 21.1. The molecule has 3 amide bonds. The summed E-state index contributed by atoms with van der Waals surface area (Å²) in [5.41, 5.74) is 6.22. The molecular weight excluding hydrogens is 393 g/mol. The van der Waals surface area contributed by atoms with Crippen LogP contribution in [0.3, 0.4) is 0 Å². The van der Waals surface area contributed by atoms with Gasteiger partial charge in [-0.2, -0.15) is 13.2 Å². The van der Waals surface area contributed by atoms with E-state index in [1.54, 1.807) is 29.2 Å². The van der Waals surface area contributed by atoms with Crippen LogP contribution in [0.5, 0.6) is 0 Å². The smallest absolute Gasteiger partial charge is 0.370 e. The van der Waals surface area contributed by atoms with Crippen LogP contribution in [0.1, 0.15) is 0 Å². The highest BCUT2D eigenvalue weighted by atomic mass is 19.4. The topological polar surface area (TPSA) is 105 Å². The SMILES string of the molecule is NC(=O)C1[CH]C(C(F)(F)F)CN1CC(=O)Nc1ccc(N2CCOCC2=O)cc1. The number of nitrogens with one attached hydrogen (secondary N) is 1. The van der Waals surface area contributed by atoms with E-state index in [4.69, 9.17) is 10.5 Å². The summed E-state index contributed by atoms with van der Waals surface area (Å²) in [4.78, 5) is 38.2. The number of ether oxygens (including phenoxy) is 1. The average molecular weight is 413 g/mol. The van der Waals surface area contributed by atoms with Crippen LogP contribution in [0.25, 0.3) is 0 Å². The van der Waals surface area contributed by atoms with Crippen molar-refractivity contribution in [2.45, 2.75) is 12.2 Å². The number of carbonyl (C=O) groups excluding carboxylic acids is 3. The van der Waals surface area contributed by atoms with Crippen molar-refractivity contribution >= 4 is 29.1 Å². The Balaban J connectivity index is 1.60. The zero-order chi connectivity index (χ0) is 21.2. The molecule has 2 aliphatic heterocycles. The minimum atomic E-state index is -4.51. The molecule has 0 aliphatic carbocycles. The molecule has 11 heteroatoms. The molecule has 2 aliphatic rings. The van der Waals surface area contributed by atoms with Crippen LogP contribution in [-0.4, -0.2) is 67.7 Å². The Morgan fingerprint density at radius 2 is 1.93 bits per heavy atom. The lowest BCUT2D eigenvalue weighted by Crippen LogP contribution is -2.44. The van der Waals surface area contributed by atoms with Crippen LogP contribution in [0.4, 0.5) is 24.5 Å². The van der Waals surface area contributed by atoms with E-state index < -0.39 is 43.0 Å². The number of amides is 3. The predicted molar refractivity (Wildman–Crippen MR) is 96.6 cm³/mol. The largest absolute Gasteiger partial charge is 0.393 e. The van der Waals surface area contributed by atoms with E-state index in [1.807, 2.05) is 0 Å². The molecule has 1 radical (unpaired) electrons. The molecule has 2 fully saturated rings. The van der Waals surface area contributed by atoms with Crippen molar-refractivity contribution in [1.29, 1.82) is 0 Å². The predicted octanol–water partition coefficient (Wildman–Crippen LogP) is 0.541. The molecular formula is C18H20F3N4O4. The maximum atomic E-state index is 12.9. The summed E-state index contributed by atoms with van der Waals surface area (Å²) in [6.45, 7) is -0.0732. The summed E-state index contributed by atoms with van der Waals surface area (Å²) in [7, 11) is 0. The molecule has 157 valence electrons. The summed E-state index contributed by atoms with van der Waals surface area (Å²) >= 11 is 0. The number of anilines is 2. The lowest BCUT2D eigenvalue weighted by molar-refractivity contribution is -0.162. The molecule has 8 nitrogen and oxygen atoms in total. The molecule has 3 N–H and O–H groups in total. The average Bonchev–Trinajstić information content (AvgIpc) is 3.07. The second-order valence-corrected chi connectivity index (χ2v) is 6.81. The van der Waals surface area contributed by atoms with Crippen LogP contribution in [0.2, 0.25) is 0 Å². The summed E-state index contributed by atoms with van der Waals surface area (Å²) in [5, 5.41) is 2.57. The van der Waals surface area contributed by atoms with Crippen molar-refractivity contribution in [3.63, 3.8) is 0 Å². The van der Waals surface area contributed by atoms with E-state index in [0.29, 0.717) is 24.5 Å². The number of alkyl halides is 3. The number of nitrogens with zero attached hydrogens (tertiary/aromatic N) is 2. The van der Waals surface area contributed by atoms with E-state index in [-0.39, 0.29) is 12.5 Å². The first-order chi connectivity index (χ1) is 13.6. The Labute approximate surface area is 164 Å². The molecule has 2 atom stereocenters. The van der Waals surface area contributed by atoms with Gasteiger partial charge in [0.15, 0.2) is 0 Å². The first-order valence-electron chi connectivity index (χ1n) is 8.88. The molecule has 3 rings (SSSR count). The number of hydrogen-bond acceptors (Lipinski definition) is 5. The standard InChI is InChI=1S/C18H20F3N4O4/c19-18(20,21)11-7-14(17(22)28)24(8-11)9-15(26)23-12-1-3-13(4-2-12)25-5-6-29-10-16(25)27/h1-4,7,11,14H,5-6,8-10H2,(H2,22,28)(H,23,26). The van der Waals surface area contributed by atoms with Crippen molar-refractivity contribution in [2.75, 3.05) is 43.1 Å². The molecule has 2 saturated heterocycles. The van der Waals surface area contributed by atoms with Gasteiger partial charge in [0.1, 0.15) is 6.61 Å². The molecule has 0 spiro atoms. The van der Waals surface area contributed by atoms with Crippen LogP contribution in [0, 0.1) is 12.3 Å². The van der Waals surface area contributed by atoms with Crippen molar-refractivity contribution < 1.29 is 32.3 Å². The summed E-state index contributed by atoms with van der Waals surface area (Å²) in [6.07, 6.45) is -3.69. The highest BCUT2D eigenvalue weighted by Crippen LogP contribution is 2.35. The second kappa shape index (κ2) is 8.37. The Bertz CT molecular complexity index is 784. The third-order valence-corrected chi connectivity index (χ3v) is 4.75. The lowest BCUT2D eigenvalue weighted by atomic mass is 10.1. The summed E-state index contributed by atoms with van der Waals surface area (Å²) in [5.74, 6) is -3.51. The lowest BCUT2D eigenvalue weighted by Gasteiger charge is -2.27. The third-order valence-electron chi connectivity index (χ3n) is 4.75. The monoisotopic (exact) mass is 413 g/mol. The van der Waals surface area contributed by atoms with Crippen molar-refractivity contribution in [3.05, 3.63) is 30.7 Å². The van der Waals surface area contributed by atoms with Crippen molar-refractivity contribution in [2.24, 2.45) is 11.7 Å². The number of hydrogen-bond donors (Lipinski definition) is 2. The zero-order valence-electron chi connectivity index (χ0n) is 15.3. The number of carbonyl (C=O) groups is 3. The Hall–Kier alpha value is -2.66. The summed E-state index contributed by atoms with van der Waals surface area (Å²) in [6, 6.07) is 5.19. The quantitative estimate of drug-likeness (QED) is 0.733. The maximum absolute atomic E-state index is 12.9. The second-order valence-electron chi connectivity index (χ2n) is 6.81. The van der Waals surface area contributed by atoms with Gasteiger partial charge in [0.25, 0.3) is 5.91 Å². The molecule has 1 aromatic carbocycles. The molecule has 29 heavy (non-hydrogen) atoms. The molecule has 0 bridgehead atoms. The molecule has 2 unspecified atom stereocenters. The van der Waals surface area contributed by atoms with E-state index in [9.17, 15) is 27.6 Å². The van der Waals surface area contributed by atoms with Gasteiger partial charge in [-0.05, 0) is 24.3 Å². The number of primary amides is 1.